The van der Waals surface area contributed by atoms with Crippen LogP contribution in [0.5, 0.6) is 0 Å². The van der Waals surface area contributed by atoms with Crippen LogP contribution in [-0.4, -0.2) is 16.3 Å². The topological polar surface area (TPSA) is 68.2 Å². The Balaban J connectivity index is 1.90. The number of ketones is 1. The molecule has 0 unspecified atom stereocenters. The zero-order chi connectivity index (χ0) is 21.5. The number of carbonyl (C=O) groups excluding carboxylic acids is 2. The van der Waals surface area contributed by atoms with E-state index in [0.29, 0.717) is 40.5 Å². The lowest BCUT2D eigenvalue weighted by Gasteiger charge is -2.32. The number of carbonyl (C=O) groups is 2. The van der Waals surface area contributed by atoms with Gasteiger partial charge in [0.2, 0.25) is 0 Å². The first-order valence-electron chi connectivity index (χ1n) is 9.70. The Morgan fingerprint density at radius 1 is 1.00 bits per heavy atom. The Kier molecular flexibility index (Phi) is 5.08. The first-order chi connectivity index (χ1) is 14.3. The fourth-order valence-electron chi connectivity index (χ4n) is 3.88. The Labute approximate surface area is 179 Å². The van der Waals surface area contributed by atoms with Crippen molar-refractivity contribution >= 4 is 29.0 Å². The van der Waals surface area contributed by atoms with Crippen molar-refractivity contribution in [1.82, 2.24) is 4.57 Å². The van der Waals surface area contributed by atoms with Gasteiger partial charge in [0, 0.05) is 23.4 Å². The summed E-state index contributed by atoms with van der Waals surface area (Å²) < 4.78 is 1.50. The largest absolute Gasteiger partial charge is 0.320 e. The van der Waals surface area contributed by atoms with E-state index < -0.39 is 11.5 Å². The normalized spacial score (nSPS) is 14.8. The van der Waals surface area contributed by atoms with Crippen molar-refractivity contribution in [2.45, 2.75) is 26.7 Å². The molecule has 1 aliphatic carbocycles. The van der Waals surface area contributed by atoms with Crippen molar-refractivity contribution in [2.24, 2.45) is 5.41 Å². The molecule has 1 N–H and O–H groups in total. The fourth-order valence-corrected chi connectivity index (χ4v) is 4.06. The molecule has 0 atom stereocenters. The van der Waals surface area contributed by atoms with Crippen LogP contribution in [0.4, 0.5) is 5.69 Å². The Hall–Kier alpha value is -3.18. The van der Waals surface area contributed by atoms with Gasteiger partial charge in [-0.2, -0.15) is 0 Å². The SMILES string of the molecule is CC1(C)CC(=O)c2cc(C(=O)Nc3ccccc3Cl)c(=O)n(-c3ccccc3)c2C1. The first-order valence-corrected chi connectivity index (χ1v) is 10.1. The van der Waals surface area contributed by atoms with Crippen molar-refractivity contribution in [3.05, 3.63) is 92.9 Å². The highest BCUT2D eigenvalue weighted by molar-refractivity contribution is 6.33. The highest BCUT2D eigenvalue weighted by Gasteiger charge is 2.35. The molecule has 0 radical (unpaired) electrons. The number of pyridine rings is 1. The summed E-state index contributed by atoms with van der Waals surface area (Å²) in [6.07, 6.45) is 0.920. The number of aromatic nitrogens is 1. The molecule has 1 aliphatic rings. The van der Waals surface area contributed by atoms with Crippen LogP contribution in [0, 0.1) is 5.41 Å². The molecule has 152 valence electrons. The van der Waals surface area contributed by atoms with Crippen molar-refractivity contribution in [1.29, 1.82) is 0 Å². The average molecular weight is 421 g/mol. The monoisotopic (exact) mass is 420 g/mol. The molecule has 0 fully saturated rings. The predicted molar refractivity (Wildman–Crippen MR) is 118 cm³/mol. The quantitative estimate of drug-likeness (QED) is 0.655. The van der Waals surface area contributed by atoms with Gasteiger partial charge in [-0.1, -0.05) is 55.8 Å². The minimum absolute atomic E-state index is 0.0716. The maximum Gasteiger partial charge on any atom is 0.268 e. The summed E-state index contributed by atoms with van der Waals surface area (Å²) in [6.45, 7) is 4.01. The van der Waals surface area contributed by atoms with Crippen LogP contribution < -0.4 is 10.9 Å². The molecular weight excluding hydrogens is 400 g/mol. The third kappa shape index (κ3) is 3.68. The van der Waals surface area contributed by atoms with E-state index in [2.05, 4.69) is 5.32 Å². The van der Waals surface area contributed by atoms with E-state index in [-0.39, 0.29) is 16.8 Å². The number of amides is 1. The molecule has 0 bridgehead atoms. The molecule has 1 amide bonds. The third-order valence-corrected chi connectivity index (χ3v) is 5.60. The molecule has 1 heterocycles. The van der Waals surface area contributed by atoms with Crippen molar-refractivity contribution in [3.8, 4) is 5.69 Å². The fraction of sp³-hybridized carbons (Fsp3) is 0.208. The Morgan fingerprint density at radius 3 is 2.37 bits per heavy atom. The van der Waals surface area contributed by atoms with Crippen molar-refractivity contribution in [2.75, 3.05) is 5.32 Å². The van der Waals surface area contributed by atoms with E-state index in [1.165, 1.54) is 10.6 Å². The molecule has 0 saturated carbocycles. The van der Waals surface area contributed by atoms with Crippen molar-refractivity contribution in [3.63, 3.8) is 0 Å². The molecule has 0 spiro atoms. The predicted octanol–water partition coefficient (Wildman–Crippen LogP) is 4.90. The summed E-state index contributed by atoms with van der Waals surface area (Å²) >= 11 is 6.14. The molecule has 0 saturated heterocycles. The van der Waals surface area contributed by atoms with Gasteiger partial charge in [0.05, 0.1) is 10.7 Å². The molecule has 0 aliphatic heterocycles. The van der Waals surface area contributed by atoms with Crippen LogP contribution in [0.2, 0.25) is 5.02 Å². The maximum absolute atomic E-state index is 13.4. The van der Waals surface area contributed by atoms with E-state index in [0.717, 1.165) is 0 Å². The second-order valence-electron chi connectivity index (χ2n) is 8.27. The smallest absolute Gasteiger partial charge is 0.268 e. The Bertz CT molecular complexity index is 1210. The van der Waals surface area contributed by atoms with Gasteiger partial charge in [-0.3, -0.25) is 19.0 Å². The molecule has 2 aromatic carbocycles. The molecule has 3 aromatic rings. The van der Waals surface area contributed by atoms with Crippen LogP contribution in [0.25, 0.3) is 5.69 Å². The van der Waals surface area contributed by atoms with E-state index in [1.807, 2.05) is 32.0 Å². The number of anilines is 1. The summed E-state index contributed by atoms with van der Waals surface area (Å²) in [5.41, 5.74) is 1.26. The van der Waals surface area contributed by atoms with Gasteiger partial charge in [-0.15, -0.1) is 0 Å². The minimum atomic E-state index is -0.599. The zero-order valence-electron chi connectivity index (χ0n) is 16.7. The Morgan fingerprint density at radius 2 is 1.67 bits per heavy atom. The lowest BCUT2D eigenvalue weighted by atomic mass is 9.75. The number of nitrogens with zero attached hydrogens (tertiary/aromatic N) is 1. The molecule has 6 heteroatoms. The van der Waals surface area contributed by atoms with Crippen LogP contribution in [-0.2, 0) is 6.42 Å². The lowest BCUT2D eigenvalue weighted by molar-refractivity contribution is 0.0909. The van der Waals surface area contributed by atoms with Crippen LogP contribution in [0.1, 0.15) is 46.7 Å². The molecule has 1 aromatic heterocycles. The van der Waals surface area contributed by atoms with Gasteiger partial charge in [-0.05, 0) is 42.2 Å². The van der Waals surface area contributed by atoms with Gasteiger partial charge in [-0.25, -0.2) is 0 Å². The van der Waals surface area contributed by atoms with E-state index in [1.54, 1.807) is 36.4 Å². The van der Waals surface area contributed by atoms with Gasteiger partial charge in [0.25, 0.3) is 11.5 Å². The number of Topliss-reactive ketones (excluding diaryl/α,β-unsaturated/α-hetero) is 1. The van der Waals surface area contributed by atoms with Crippen LogP contribution in [0.15, 0.2) is 65.5 Å². The number of hydrogen-bond donors (Lipinski definition) is 1. The zero-order valence-corrected chi connectivity index (χ0v) is 17.5. The van der Waals surface area contributed by atoms with Crippen molar-refractivity contribution < 1.29 is 9.59 Å². The second-order valence-corrected chi connectivity index (χ2v) is 8.68. The van der Waals surface area contributed by atoms with E-state index >= 15 is 0 Å². The number of para-hydroxylation sites is 2. The third-order valence-electron chi connectivity index (χ3n) is 5.27. The average Bonchev–Trinajstić information content (AvgIpc) is 2.69. The number of fused-ring (bicyclic) bond motifs is 1. The summed E-state index contributed by atoms with van der Waals surface area (Å²) in [7, 11) is 0. The van der Waals surface area contributed by atoms with Crippen LogP contribution >= 0.6 is 11.6 Å². The minimum Gasteiger partial charge on any atom is -0.320 e. The number of nitrogens with one attached hydrogen (secondary N) is 1. The van der Waals surface area contributed by atoms with Gasteiger partial charge in [0.1, 0.15) is 5.56 Å². The molecule has 5 nitrogen and oxygen atoms in total. The summed E-state index contributed by atoms with van der Waals surface area (Å²) in [6, 6.07) is 17.3. The van der Waals surface area contributed by atoms with E-state index in [9.17, 15) is 14.4 Å². The highest BCUT2D eigenvalue weighted by atomic mass is 35.5. The summed E-state index contributed by atoms with van der Waals surface area (Å²) in [4.78, 5) is 39.3. The van der Waals surface area contributed by atoms with Gasteiger partial charge < -0.3 is 5.32 Å². The van der Waals surface area contributed by atoms with E-state index in [4.69, 9.17) is 11.6 Å². The number of rotatable bonds is 3. The second kappa shape index (κ2) is 7.58. The lowest BCUT2D eigenvalue weighted by Crippen LogP contribution is -2.37. The number of halogens is 1. The highest BCUT2D eigenvalue weighted by Crippen LogP contribution is 2.35. The molecule has 4 rings (SSSR count). The van der Waals surface area contributed by atoms with Gasteiger partial charge >= 0.3 is 0 Å². The number of benzene rings is 2. The summed E-state index contributed by atoms with van der Waals surface area (Å²) in [5, 5.41) is 3.05. The van der Waals surface area contributed by atoms with Crippen LogP contribution in [0.3, 0.4) is 0 Å². The molecule has 30 heavy (non-hydrogen) atoms. The first kappa shape index (κ1) is 20.1. The standard InChI is InChI=1S/C24H21ClN2O3/c1-24(2)13-20-16(21(28)14-24)12-17(22(29)26-19-11-7-6-10-18(19)25)23(30)27(20)15-8-4-3-5-9-15/h3-12H,13-14H2,1-2H3,(H,26,29). The number of hydrogen-bond acceptors (Lipinski definition) is 3. The summed E-state index contributed by atoms with van der Waals surface area (Å²) in [5.74, 6) is -0.670. The van der Waals surface area contributed by atoms with Gasteiger partial charge in [0.15, 0.2) is 5.78 Å². The molecular formula is C24H21ClN2O3. The maximum atomic E-state index is 13.4.